The minimum absolute atomic E-state index is 0.0863. The summed E-state index contributed by atoms with van der Waals surface area (Å²) in [6, 6.07) is 11.7. The molecule has 1 atom stereocenters. The van der Waals surface area contributed by atoms with Gasteiger partial charge in [-0.3, -0.25) is 9.59 Å². The number of allylic oxidation sites excluding steroid dienone is 1. The highest BCUT2D eigenvalue weighted by Crippen LogP contribution is 2.30. The molecule has 0 saturated heterocycles. The van der Waals surface area contributed by atoms with Crippen molar-refractivity contribution in [3.63, 3.8) is 0 Å². The van der Waals surface area contributed by atoms with E-state index < -0.39 is 5.92 Å². The van der Waals surface area contributed by atoms with Crippen molar-refractivity contribution in [2.45, 2.75) is 6.92 Å². The Kier molecular flexibility index (Phi) is 2.37. The number of ketones is 2. The molecular formula is C16H12O2. The highest BCUT2D eigenvalue weighted by atomic mass is 16.1. The lowest BCUT2D eigenvalue weighted by molar-refractivity contribution is -0.118. The van der Waals surface area contributed by atoms with Crippen molar-refractivity contribution in [2.75, 3.05) is 0 Å². The number of carbonyl (C=O) groups excluding carboxylic acids is 2. The van der Waals surface area contributed by atoms with Crippen molar-refractivity contribution < 1.29 is 9.59 Å². The highest BCUT2D eigenvalue weighted by Gasteiger charge is 2.28. The smallest absolute Gasteiger partial charge is 0.178 e. The zero-order valence-corrected chi connectivity index (χ0v) is 10.0. The minimum Gasteiger partial charge on any atom is -0.299 e. The second-order valence-corrected chi connectivity index (χ2v) is 4.56. The zero-order valence-electron chi connectivity index (χ0n) is 10.0. The van der Waals surface area contributed by atoms with Crippen molar-refractivity contribution >= 4 is 28.4 Å². The molecule has 0 aliphatic heterocycles. The first kappa shape index (κ1) is 10.9. The van der Waals surface area contributed by atoms with Crippen LogP contribution in [0.25, 0.3) is 16.8 Å². The molecule has 0 spiro atoms. The van der Waals surface area contributed by atoms with Crippen molar-refractivity contribution in [1.82, 2.24) is 0 Å². The van der Waals surface area contributed by atoms with Gasteiger partial charge in [-0.25, -0.2) is 0 Å². The minimum atomic E-state index is -0.622. The van der Waals surface area contributed by atoms with Crippen LogP contribution in [0.2, 0.25) is 0 Å². The van der Waals surface area contributed by atoms with Gasteiger partial charge >= 0.3 is 0 Å². The number of benzene rings is 2. The van der Waals surface area contributed by atoms with Gasteiger partial charge in [-0.05, 0) is 23.3 Å². The summed E-state index contributed by atoms with van der Waals surface area (Å²) in [5.41, 5.74) is 1.58. The number of hydrogen-bond donors (Lipinski definition) is 0. The van der Waals surface area contributed by atoms with Crippen LogP contribution >= 0.6 is 0 Å². The maximum atomic E-state index is 12.4. The van der Waals surface area contributed by atoms with Gasteiger partial charge in [0.15, 0.2) is 5.78 Å². The first-order chi connectivity index (χ1) is 8.68. The number of rotatable bonds is 1. The SMILES string of the molecule is CC(=O)C1C=Cc2ccc3ccccc3c2C1=O. The molecule has 2 aromatic rings. The predicted octanol–water partition coefficient (Wildman–Crippen LogP) is 3.25. The molecule has 0 N–H and O–H groups in total. The molecule has 2 aromatic carbocycles. The fourth-order valence-electron chi connectivity index (χ4n) is 2.47. The summed E-state index contributed by atoms with van der Waals surface area (Å²) in [7, 11) is 0. The Bertz CT molecular complexity index is 695. The largest absolute Gasteiger partial charge is 0.299 e. The van der Waals surface area contributed by atoms with E-state index in [1.54, 1.807) is 6.08 Å². The molecule has 0 radical (unpaired) electrons. The number of carbonyl (C=O) groups is 2. The molecule has 1 aliphatic rings. The lowest BCUT2D eigenvalue weighted by Gasteiger charge is -2.17. The second kappa shape index (κ2) is 3.91. The standard InChI is InChI=1S/C16H12O2/c1-10(17)13-9-8-12-7-6-11-4-2-3-5-14(11)15(12)16(13)18/h2-9,13H,1H3. The first-order valence-corrected chi connectivity index (χ1v) is 5.93. The van der Waals surface area contributed by atoms with Crippen LogP contribution in [0.5, 0.6) is 0 Å². The van der Waals surface area contributed by atoms with Crippen molar-refractivity contribution in [3.05, 3.63) is 53.6 Å². The Hall–Kier alpha value is -2.22. The lowest BCUT2D eigenvalue weighted by Crippen LogP contribution is -2.23. The molecule has 0 heterocycles. The molecule has 0 saturated carbocycles. The maximum Gasteiger partial charge on any atom is 0.178 e. The van der Waals surface area contributed by atoms with Crippen molar-refractivity contribution in [2.24, 2.45) is 5.92 Å². The molecule has 0 aromatic heterocycles. The van der Waals surface area contributed by atoms with Gasteiger partial charge in [-0.15, -0.1) is 0 Å². The third kappa shape index (κ3) is 1.50. The van der Waals surface area contributed by atoms with Crippen LogP contribution in [-0.2, 0) is 4.79 Å². The fourth-order valence-corrected chi connectivity index (χ4v) is 2.47. The first-order valence-electron chi connectivity index (χ1n) is 5.93. The third-order valence-corrected chi connectivity index (χ3v) is 3.40. The summed E-state index contributed by atoms with van der Waals surface area (Å²) in [6.07, 6.45) is 3.57. The van der Waals surface area contributed by atoms with Gasteiger partial charge in [0.1, 0.15) is 5.78 Å². The Morgan fingerprint density at radius 3 is 2.67 bits per heavy atom. The van der Waals surface area contributed by atoms with Crippen LogP contribution in [0.3, 0.4) is 0 Å². The topological polar surface area (TPSA) is 34.1 Å². The van der Waals surface area contributed by atoms with Crippen LogP contribution in [-0.4, -0.2) is 11.6 Å². The van der Waals surface area contributed by atoms with Gasteiger partial charge in [0.2, 0.25) is 0 Å². The van der Waals surface area contributed by atoms with Crippen LogP contribution in [0, 0.1) is 5.92 Å². The molecular weight excluding hydrogens is 224 g/mol. The normalized spacial score (nSPS) is 17.8. The Labute approximate surface area is 105 Å². The van der Waals surface area contributed by atoms with E-state index in [-0.39, 0.29) is 11.6 Å². The maximum absolute atomic E-state index is 12.4. The summed E-state index contributed by atoms with van der Waals surface area (Å²) in [5.74, 6) is -0.810. The molecule has 18 heavy (non-hydrogen) atoms. The molecule has 0 amide bonds. The van der Waals surface area contributed by atoms with E-state index in [0.29, 0.717) is 5.56 Å². The summed E-state index contributed by atoms with van der Waals surface area (Å²) in [5, 5.41) is 1.96. The molecule has 2 heteroatoms. The van der Waals surface area contributed by atoms with Crippen LogP contribution in [0.4, 0.5) is 0 Å². The average Bonchev–Trinajstić information content (AvgIpc) is 2.38. The summed E-state index contributed by atoms with van der Waals surface area (Å²) >= 11 is 0. The summed E-state index contributed by atoms with van der Waals surface area (Å²) in [4.78, 5) is 23.9. The van der Waals surface area contributed by atoms with E-state index in [1.807, 2.05) is 42.5 Å². The van der Waals surface area contributed by atoms with Crippen LogP contribution in [0.1, 0.15) is 22.8 Å². The number of hydrogen-bond acceptors (Lipinski definition) is 2. The predicted molar refractivity (Wildman–Crippen MR) is 71.5 cm³/mol. The molecule has 1 unspecified atom stereocenters. The monoisotopic (exact) mass is 236 g/mol. The number of fused-ring (bicyclic) bond motifs is 3. The summed E-state index contributed by atoms with van der Waals surface area (Å²) in [6.45, 7) is 1.46. The molecule has 0 bridgehead atoms. The van der Waals surface area contributed by atoms with Crippen LogP contribution < -0.4 is 0 Å². The van der Waals surface area contributed by atoms with E-state index in [4.69, 9.17) is 0 Å². The van der Waals surface area contributed by atoms with E-state index in [9.17, 15) is 9.59 Å². The van der Waals surface area contributed by atoms with Crippen LogP contribution in [0.15, 0.2) is 42.5 Å². The van der Waals surface area contributed by atoms with E-state index in [2.05, 4.69) is 0 Å². The van der Waals surface area contributed by atoms with Gasteiger partial charge in [-0.1, -0.05) is 48.6 Å². The van der Waals surface area contributed by atoms with Gasteiger partial charge in [0.05, 0.1) is 5.92 Å². The third-order valence-electron chi connectivity index (χ3n) is 3.40. The Balaban J connectivity index is 2.31. The average molecular weight is 236 g/mol. The van der Waals surface area contributed by atoms with Gasteiger partial charge in [-0.2, -0.15) is 0 Å². The van der Waals surface area contributed by atoms with Gasteiger partial charge in [0.25, 0.3) is 0 Å². The van der Waals surface area contributed by atoms with E-state index >= 15 is 0 Å². The highest BCUT2D eigenvalue weighted by molar-refractivity contribution is 6.20. The molecule has 0 fully saturated rings. The Morgan fingerprint density at radius 2 is 1.89 bits per heavy atom. The van der Waals surface area contributed by atoms with E-state index in [0.717, 1.165) is 16.3 Å². The van der Waals surface area contributed by atoms with Crippen molar-refractivity contribution in [1.29, 1.82) is 0 Å². The lowest BCUT2D eigenvalue weighted by atomic mass is 9.83. The van der Waals surface area contributed by atoms with Crippen molar-refractivity contribution in [3.8, 4) is 0 Å². The summed E-state index contributed by atoms with van der Waals surface area (Å²) < 4.78 is 0. The Morgan fingerprint density at radius 1 is 1.11 bits per heavy atom. The molecule has 1 aliphatic carbocycles. The zero-order chi connectivity index (χ0) is 12.7. The number of Topliss-reactive ketones (excluding diaryl/α,β-unsaturated/α-hetero) is 2. The van der Waals surface area contributed by atoms with E-state index in [1.165, 1.54) is 6.92 Å². The van der Waals surface area contributed by atoms with Gasteiger partial charge < -0.3 is 0 Å². The molecule has 2 nitrogen and oxygen atoms in total. The second-order valence-electron chi connectivity index (χ2n) is 4.56. The fraction of sp³-hybridized carbons (Fsp3) is 0.125. The van der Waals surface area contributed by atoms with Gasteiger partial charge in [0, 0.05) is 5.56 Å². The quantitative estimate of drug-likeness (QED) is 0.712. The molecule has 88 valence electrons. The molecule has 3 rings (SSSR count).